The minimum Gasteiger partial charge on any atom is -0.483 e. The fourth-order valence-electron chi connectivity index (χ4n) is 2.13. The smallest absolute Gasteiger partial charge is 0.264 e. The molecule has 0 N–H and O–H groups in total. The molecule has 0 saturated heterocycles. The molecular formula is C17H15ClN2O2. The molecule has 3 rings (SSSR count). The third-order valence-corrected chi connectivity index (χ3v) is 3.47. The van der Waals surface area contributed by atoms with Gasteiger partial charge in [0, 0.05) is 10.6 Å². The summed E-state index contributed by atoms with van der Waals surface area (Å²) in [6.45, 7) is 4.19. The van der Waals surface area contributed by atoms with E-state index in [1.54, 1.807) is 6.07 Å². The Bertz CT molecular complexity index is 799. The number of hydrogen-bond acceptors (Lipinski definition) is 4. The molecule has 5 heteroatoms. The largest absolute Gasteiger partial charge is 0.483 e. The van der Waals surface area contributed by atoms with Crippen molar-refractivity contribution in [3.8, 4) is 17.1 Å². The fraction of sp³-hybridized carbons (Fsp3) is 0.176. The van der Waals surface area contributed by atoms with E-state index in [2.05, 4.69) is 10.1 Å². The zero-order valence-electron chi connectivity index (χ0n) is 12.3. The van der Waals surface area contributed by atoms with Gasteiger partial charge in [-0.3, -0.25) is 0 Å². The third kappa shape index (κ3) is 3.28. The first kappa shape index (κ1) is 14.6. The molecule has 0 saturated carbocycles. The van der Waals surface area contributed by atoms with Crippen LogP contribution in [-0.4, -0.2) is 10.1 Å². The molecule has 0 spiro atoms. The van der Waals surface area contributed by atoms with Gasteiger partial charge in [-0.2, -0.15) is 4.98 Å². The van der Waals surface area contributed by atoms with Crippen molar-refractivity contribution in [1.82, 2.24) is 10.1 Å². The number of aromatic nitrogens is 2. The Labute approximate surface area is 133 Å². The van der Waals surface area contributed by atoms with Crippen molar-refractivity contribution in [2.45, 2.75) is 20.5 Å². The quantitative estimate of drug-likeness (QED) is 0.707. The maximum Gasteiger partial charge on any atom is 0.264 e. The normalized spacial score (nSPS) is 10.7. The Hall–Kier alpha value is -2.33. The molecule has 0 aliphatic carbocycles. The Morgan fingerprint density at radius 1 is 1.14 bits per heavy atom. The van der Waals surface area contributed by atoms with Gasteiger partial charge in [0.2, 0.25) is 5.82 Å². The molecule has 112 valence electrons. The second kappa shape index (κ2) is 6.20. The van der Waals surface area contributed by atoms with Gasteiger partial charge in [-0.25, -0.2) is 0 Å². The lowest BCUT2D eigenvalue weighted by molar-refractivity contribution is 0.242. The highest BCUT2D eigenvalue weighted by atomic mass is 35.5. The summed E-state index contributed by atoms with van der Waals surface area (Å²) in [6.07, 6.45) is 0. The van der Waals surface area contributed by atoms with E-state index in [1.807, 2.05) is 50.2 Å². The number of halogens is 1. The maximum absolute atomic E-state index is 5.92. The van der Waals surface area contributed by atoms with E-state index >= 15 is 0 Å². The molecule has 0 unspecified atom stereocenters. The Morgan fingerprint density at radius 3 is 2.77 bits per heavy atom. The van der Waals surface area contributed by atoms with Crippen LogP contribution in [0.2, 0.25) is 5.02 Å². The van der Waals surface area contributed by atoms with Gasteiger partial charge in [0.05, 0.1) is 0 Å². The van der Waals surface area contributed by atoms with Crippen LogP contribution < -0.4 is 4.74 Å². The number of nitrogens with zero attached hydrogens (tertiary/aromatic N) is 2. The Balaban J connectivity index is 1.72. The van der Waals surface area contributed by atoms with Crippen molar-refractivity contribution < 1.29 is 9.26 Å². The van der Waals surface area contributed by atoms with Gasteiger partial charge >= 0.3 is 0 Å². The summed E-state index contributed by atoms with van der Waals surface area (Å²) in [6, 6.07) is 13.4. The standard InChI is InChI=1S/C17H15ClN2O2/c1-11-4-3-5-13(8-11)17-19-16(22-20-17)10-21-15-7-6-14(18)9-12(15)2/h3-9H,10H2,1-2H3. The van der Waals surface area contributed by atoms with E-state index in [1.165, 1.54) is 0 Å². The molecule has 1 heterocycles. The first-order valence-electron chi connectivity index (χ1n) is 6.90. The predicted octanol–water partition coefficient (Wildman–Crippen LogP) is 4.59. The molecule has 2 aromatic carbocycles. The van der Waals surface area contributed by atoms with Crippen LogP contribution >= 0.6 is 11.6 Å². The molecule has 0 aliphatic heterocycles. The predicted molar refractivity (Wildman–Crippen MR) is 85.0 cm³/mol. The average molecular weight is 315 g/mol. The topological polar surface area (TPSA) is 48.2 Å². The van der Waals surface area contributed by atoms with Crippen LogP contribution in [0.4, 0.5) is 0 Å². The highest BCUT2D eigenvalue weighted by Crippen LogP contribution is 2.23. The van der Waals surface area contributed by atoms with Crippen molar-refractivity contribution in [3.63, 3.8) is 0 Å². The molecule has 0 amide bonds. The molecule has 0 radical (unpaired) electrons. The highest BCUT2D eigenvalue weighted by molar-refractivity contribution is 6.30. The van der Waals surface area contributed by atoms with E-state index in [0.29, 0.717) is 16.7 Å². The van der Waals surface area contributed by atoms with E-state index < -0.39 is 0 Å². The van der Waals surface area contributed by atoms with Crippen molar-refractivity contribution in [2.75, 3.05) is 0 Å². The van der Waals surface area contributed by atoms with Gasteiger partial charge < -0.3 is 9.26 Å². The molecule has 3 aromatic rings. The molecule has 0 atom stereocenters. The van der Waals surface area contributed by atoms with Crippen molar-refractivity contribution >= 4 is 11.6 Å². The summed E-state index contributed by atoms with van der Waals surface area (Å²) in [5, 5.41) is 4.67. The molecule has 0 fully saturated rings. The van der Waals surface area contributed by atoms with E-state index in [9.17, 15) is 0 Å². The van der Waals surface area contributed by atoms with Crippen LogP contribution in [0.3, 0.4) is 0 Å². The first-order chi connectivity index (χ1) is 10.6. The number of rotatable bonds is 4. The second-order valence-electron chi connectivity index (χ2n) is 5.08. The lowest BCUT2D eigenvalue weighted by Crippen LogP contribution is -1.97. The number of benzene rings is 2. The van der Waals surface area contributed by atoms with E-state index in [-0.39, 0.29) is 6.61 Å². The number of aryl methyl sites for hydroxylation is 2. The van der Waals surface area contributed by atoms with Crippen LogP contribution in [-0.2, 0) is 6.61 Å². The molecular weight excluding hydrogens is 300 g/mol. The summed E-state index contributed by atoms with van der Waals surface area (Å²) in [5.41, 5.74) is 3.04. The fourth-order valence-corrected chi connectivity index (χ4v) is 2.36. The lowest BCUT2D eigenvalue weighted by atomic mass is 10.1. The summed E-state index contributed by atoms with van der Waals surface area (Å²) >= 11 is 5.92. The molecule has 0 aliphatic rings. The molecule has 1 aromatic heterocycles. The van der Waals surface area contributed by atoms with Crippen molar-refractivity contribution in [3.05, 3.63) is 64.5 Å². The van der Waals surface area contributed by atoms with E-state index in [4.69, 9.17) is 20.9 Å². The van der Waals surface area contributed by atoms with Gasteiger partial charge in [0.15, 0.2) is 6.61 Å². The molecule has 0 bridgehead atoms. The van der Waals surface area contributed by atoms with Crippen molar-refractivity contribution in [2.24, 2.45) is 0 Å². The molecule has 4 nitrogen and oxygen atoms in total. The van der Waals surface area contributed by atoms with Crippen LogP contribution in [0.15, 0.2) is 47.0 Å². The minimum absolute atomic E-state index is 0.224. The molecule has 22 heavy (non-hydrogen) atoms. The van der Waals surface area contributed by atoms with Gasteiger partial charge in [0.1, 0.15) is 5.75 Å². The monoisotopic (exact) mass is 314 g/mol. The van der Waals surface area contributed by atoms with Gasteiger partial charge in [-0.15, -0.1) is 0 Å². The van der Waals surface area contributed by atoms with Crippen LogP contribution in [0.25, 0.3) is 11.4 Å². The van der Waals surface area contributed by atoms with E-state index in [0.717, 1.165) is 22.4 Å². The maximum atomic E-state index is 5.92. The van der Waals surface area contributed by atoms with Crippen LogP contribution in [0.5, 0.6) is 5.75 Å². The summed E-state index contributed by atoms with van der Waals surface area (Å²) in [5.74, 6) is 1.75. The number of ether oxygens (including phenoxy) is 1. The summed E-state index contributed by atoms with van der Waals surface area (Å²) in [7, 11) is 0. The lowest BCUT2D eigenvalue weighted by Gasteiger charge is -2.06. The van der Waals surface area contributed by atoms with Crippen molar-refractivity contribution in [1.29, 1.82) is 0 Å². The second-order valence-corrected chi connectivity index (χ2v) is 5.52. The number of hydrogen-bond donors (Lipinski definition) is 0. The minimum atomic E-state index is 0.224. The zero-order chi connectivity index (χ0) is 15.5. The first-order valence-corrected chi connectivity index (χ1v) is 7.28. The summed E-state index contributed by atoms with van der Waals surface area (Å²) < 4.78 is 10.9. The SMILES string of the molecule is Cc1cccc(-c2noc(COc3ccc(Cl)cc3C)n2)c1. The van der Waals surface area contributed by atoms with Gasteiger partial charge in [0.25, 0.3) is 5.89 Å². The average Bonchev–Trinajstić information content (AvgIpc) is 2.95. The zero-order valence-corrected chi connectivity index (χ0v) is 13.1. The Kier molecular flexibility index (Phi) is 4.11. The van der Waals surface area contributed by atoms with Gasteiger partial charge in [-0.05, 0) is 43.7 Å². The Morgan fingerprint density at radius 2 is 2.00 bits per heavy atom. The highest BCUT2D eigenvalue weighted by Gasteiger charge is 2.10. The van der Waals surface area contributed by atoms with Crippen LogP contribution in [0.1, 0.15) is 17.0 Å². The summed E-state index contributed by atoms with van der Waals surface area (Å²) in [4.78, 5) is 4.36. The third-order valence-electron chi connectivity index (χ3n) is 3.23. The van der Waals surface area contributed by atoms with Crippen LogP contribution in [0, 0.1) is 13.8 Å². The van der Waals surface area contributed by atoms with Gasteiger partial charge in [-0.1, -0.05) is 40.5 Å².